The highest BCUT2D eigenvalue weighted by molar-refractivity contribution is 7.92. The van der Waals surface area contributed by atoms with Gasteiger partial charge >= 0.3 is 12.4 Å². The standard InChI is InChI=1S/C26H18F9NO4S/c27-16-8-10-17(11-9-16)41(38,39)23(12-19(23)22(36)37)14-4-6-15(7-5-14)24(25(30,31)32,26(33,34)35)40-13-18-20(28)2-1-3-21(18)29/h1-11,19H,12-13H2,(H2,36,37). The van der Waals surface area contributed by atoms with E-state index in [9.17, 15) is 52.7 Å². The largest absolute Gasteiger partial charge is 0.430 e. The van der Waals surface area contributed by atoms with E-state index in [1.165, 1.54) is 0 Å². The topological polar surface area (TPSA) is 86.5 Å². The molecule has 1 aliphatic rings. The van der Waals surface area contributed by atoms with Crippen LogP contribution < -0.4 is 5.73 Å². The average molecular weight is 611 g/mol. The van der Waals surface area contributed by atoms with E-state index < -0.39 is 90.9 Å². The number of amides is 1. The average Bonchev–Trinajstić information content (AvgIpc) is 3.63. The Morgan fingerprint density at radius 1 is 0.854 bits per heavy atom. The van der Waals surface area contributed by atoms with Gasteiger partial charge in [0.25, 0.3) is 5.60 Å². The van der Waals surface area contributed by atoms with Crippen molar-refractivity contribution >= 4 is 15.7 Å². The Morgan fingerprint density at radius 3 is 1.80 bits per heavy atom. The molecule has 1 amide bonds. The predicted octanol–water partition coefficient (Wildman–Crippen LogP) is 5.82. The van der Waals surface area contributed by atoms with Gasteiger partial charge in [-0.2, -0.15) is 26.3 Å². The van der Waals surface area contributed by atoms with E-state index in [4.69, 9.17) is 5.73 Å². The molecule has 0 aliphatic heterocycles. The summed E-state index contributed by atoms with van der Waals surface area (Å²) in [6.45, 7) is -1.77. The summed E-state index contributed by atoms with van der Waals surface area (Å²) in [5, 5.41) is 0. The van der Waals surface area contributed by atoms with Gasteiger partial charge in [0.05, 0.1) is 17.4 Å². The fourth-order valence-electron chi connectivity index (χ4n) is 4.74. The maximum Gasteiger partial charge on any atom is 0.430 e. The van der Waals surface area contributed by atoms with Crippen LogP contribution in [0.3, 0.4) is 0 Å². The summed E-state index contributed by atoms with van der Waals surface area (Å²) >= 11 is 0. The molecule has 2 atom stereocenters. The maximum absolute atomic E-state index is 14.2. The number of carbonyl (C=O) groups excluding carboxylic acids is 1. The van der Waals surface area contributed by atoms with Crippen molar-refractivity contribution < 1.29 is 57.5 Å². The number of carbonyl (C=O) groups is 1. The molecule has 3 aromatic carbocycles. The highest BCUT2D eigenvalue weighted by Gasteiger charge is 2.74. The molecule has 0 spiro atoms. The van der Waals surface area contributed by atoms with Gasteiger partial charge in [0.15, 0.2) is 9.84 Å². The Hall–Kier alpha value is -3.59. The van der Waals surface area contributed by atoms with Crippen molar-refractivity contribution in [2.24, 2.45) is 11.7 Å². The van der Waals surface area contributed by atoms with E-state index >= 15 is 0 Å². The van der Waals surface area contributed by atoms with Crippen molar-refractivity contribution in [1.29, 1.82) is 0 Å². The zero-order chi connectivity index (χ0) is 30.6. The zero-order valence-electron chi connectivity index (χ0n) is 20.4. The lowest BCUT2D eigenvalue weighted by Gasteiger charge is -2.37. The molecule has 0 radical (unpaired) electrons. The summed E-state index contributed by atoms with van der Waals surface area (Å²) in [5.74, 6) is -6.19. The van der Waals surface area contributed by atoms with E-state index in [1.54, 1.807) is 0 Å². The van der Waals surface area contributed by atoms with E-state index in [0.29, 0.717) is 36.4 Å². The van der Waals surface area contributed by atoms with Crippen LogP contribution in [-0.4, -0.2) is 26.7 Å². The van der Waals surface area contributed by atoms with Gasteiger partial charge in [-0.15, -0.1) is 0 Å². The minimum Gasteiger partial charge on any atom is -0.369 e. The Balaban J connectivity index is 1.83. The minimum atomic E-state index is -6.22. The number of hydrogen-bond donors (Lipinski definition) is 1. The fraction of sp³-hybridized carbons (Fsp3) is 0.269. The van der Waals surface area contributed by atoms with Gasteiger partial charge in [-0.1, -0.05) is 30.3 Å². The first-order chi connectivity index (χ1) is 18.9. The van der Waals surface area contributed by atoms with Crippen LogP contribution in [0.2, 0.25) is 0 Å². The van der Waals surface area contributed by atoms with Crippen molar-refractivity contribution in [2.45, 2.75) is 40.6 Å². The monoisotopic (exact) mass is 611 g/mol. The molecule has 0 saturated heterocycles. The summed E-state index contributed by atoms with van der Waals surface area (Å²) in [6, 6.07) is 7.33. The summed E-state index contributed by atoms with van der Waals surface area (Å²) in [7, 11) is -4.58. The number of primary amides is 1. The fourth-order valence-corrected chi connectivity index (χ4v) is 6.98. The number of hydrogen-bond acceptors (Lipinski definition) is 4. The Morgan fingerprint density at radius 2 is 1.37 bits per heavy atom. The summed E-state index contributed by atoms with van der Waals surface area (Å²) in [4.78, 5) is 11.5. The van der Waals surface area contributed by atoms with Gasteiger partial charge in [0.2, 0.25) is 5.91 Å². The number of halogens is 9. The Kier molecular flexibility index (Phi) is 7.44. The molecule has 220 valence electrons. The number of ether oxygens (including phenoxy) is 1. The van der Waals surface area contributed by atoms with Crippen molar-refractivity contribution in [3.05, 3.63) is 101 Å². The predicted molar refractivity (Wildman–Crippen MR) is 124 cm³/mol. The second kappa shape index (κ2) is 10.0. The summed E-state index contributed by atoms with van der Waals surface area (Å²) in [5.41, 5.74) is -2.93. The third-order valence-electron chi connectivity index (χ3n) is 6.93. The second-order valence-corrected chi connectivity index (χ2v) is 11.5. The second-order valence-electron chi connectivity index (χ2n) is 9.25. The highest BCUT2D eigenvalue weighted by atomic mass is 32.2. The third-order valence-corrected chi connectivity index (χ3v) is 9.47. The molecule has 1 saturated carbocycles. The van der Waals surface area contributed by atoms with E-state index in [0.717, 1.165) is 30.3 Å². The van der Waals surface area contributed by atoms with Crippen LogP contribution in [0.25, 0.3) is 0 Å². The van der Waals surface area contributed by atoms with Gasteiger partial charge in [-0.3, -0.25) is 4.79 Å². The van der Waals surface area contributed by atoms with Crippen LogP contribution in [0.5, 0.6) is 0 Å². The molecule has 0 heterocycles. The van der Waals surface area contributed by atoms with Crippen molar-refractivity contribution in [3.63, 3.8) is 0 Å². The summed E-state index contributed by atoms with van der Waals surface area (Å²) in [6.07, 6.45) is -12.9. The number of alkyl halides is 6. The van der Waals surface area contributed by atoms with Gasteiger partial charge in [-0.05, 0) is 48.4 Å². The molecular weight excluding hydrogens is 593 g/mol. The van der Waals surface area contributed by atoms with Crippen LogP contribution in [0.1, 0.15) is 23.1 Å². The Labute approximate surface area is 226 Å². The smallest absolute Gasteiger partial charge is 0.369 e. The zero-order valence-corrected chi connectivity index (χ0v) is 21.2. The van der Waals surface area contributed by atoms with Gasteiger partial charge in [-0.25, -0.2) is 21.6 Å². The van der Waals surface area contributed by atoms with E-state index in [2.05, 4.69) is 4.74 Å². The lowest BCUT2D eigenvalue weighted by Crippen LogP contribution is -2.56. The van der Waals surface area contributed by atoms with Crippen LogP contribution >= 0.6 is 0 Å². The van der Waals surface area contributed by atoms with Crippen molar-refractivity contribution in [3.8, 4) is 0 Å². The molecule has 1 fully saturated rings. The number of benzene rings is 3. The number of rotatable bonds is 8. The molecule has 15 heteroatoms. The highest BCUT2D eigenvalue weighted by Crippen LogP contribution is 2.61. The Bertz CT molecular complexity index is 1540. The third kappa shape index (κ3) is 4.84. The SMILES string of the molecule is NC(=O)C1CC1(c1ccc(C(OCc2c(F)cccc2F)(C(F)(F)F)C(F)(F)F)cc1)S(=O)(=O)c1ccc(F)cc1. The molecule has 0 aromatic heterocycles. The van der Waals surface area contributed by atoms with Crippen molar-refractivity contribution in [1.82, 2.24) is 0 Å². The van der Waals surface area contributed by atoms with Gasteiger partial charge in [0.1, 0.15) is 22.2 Å². The molecule has 0 bridgehead atoms. The first-order valence-corrected chi connectivity index (χ1v) is 13.0. The molecular formula is C26H18F9NO4S. The quantitative estimate of drug-likeness (QED) is 0.257. The maximum atomic E-state index is 14.2. The molecule has 2 N–H and O–H groups in total. The molecule has 5 nitrogen and oxygen atoms in total. The van der Waals surface area contributed by atoms with Crippen LogP contribution in [0.15, 0.2) is 71.6 Å². The minimum absolute atomic E-state index is 0.298. The molecule has 1 aliphatic carbocycles. The molecule has 4 rings (SSSR count). The molecule has 3 aromatic rings. The molecule has 41 heavy (non-hydrogen) atoms. The number of sulfone groups is 1. The van der Waals surface area contributed by atoms with Crippen LogP contribution in [-0.2, 0) is 36.3 Å². The van der Waals surface area contributed by atoms with Gasteiger partial charge in [0, 0.05) is 11.1 Å². The van der Waals surface area contributed by atoms with Crippen LogP contribution in [0.4, 0.5) is 39.5 Å². The normalized spacial score (nSPS) is 19.7. The summed E-state index contributed by atoms with van der Waals surface area (Å²) < 4.78 is 156. The van der Waals surface area contributed by atoms with Crippen molar-refractivity contribution in [2.75, 3.05) is 0 Å². The van der Waals surface area contributed by atoms with E-state index in [1.807, 2.05) is 0 Å². The van der Waals surface area contributed by atoms with Crippen LogP contribution in [0, 0.1) is 23.4 Å². The lowest BCUT2D eigenvalue weighted by molar-refractivity contribution is -0.392. The van der Waals surface area contributed by atoms with E-state index in [-0.39, 0.29) is 5.56 Å². The molecule has 2 unspecified atom stereocenters. The van der Waals surface area contributed by atoms with Gasteiger partial charge < -0.3 is 10.5 Å². The lowest BCUT2D eigenvalue weighted by atomic mass is 9.90. The first kappa shape index (κ1) is 30.4. The number of nitrogens with two attached hydrogens (primary N) is 1. The first-order valence-electron chi connectivity index (χ1n) is 11.5.